The van der Waals surface area contributed by atoms with Crippen LogP contribution in [0.5, 0.6) is 0 Å². The van der Waals surface area contributed by atoms with Crippen LogP contribution in [0, 0.1) is 0 Å². The van der Waals surface area contributed by atoms with Crippen LogP contribution in [0.4, 0.5) is 13.2 Å². The van der Waals surface area contributed by atoms with Crippen molar-refractivity contribution in [3.05, 3.63) is 64.7 Å². The van der Waals surface area contributed by atoms with Crippen LogP contribution < -0.4 is 0 Å². The predicted molar refractivity (Wildman–Crippen MR) is 100 cm³/mol. The second kappa shape index (κ2) is 7.18. The number of hydrogen-bond acceptors (Lipinski definition) is 4. The molecule has 2 atom stereocenters. The summed E-state index contributed by atoms with van der Waals surface area (Å²) in [7, 11) is 0. The first-order valence-corrected chi connectivity index (χ1v) is 9.67. The van der Waals surface area contributed by atoms with Gasteiger partial charge in [0.15, 0.2) is 0 Å². The highest BCUT2D eigenvalue weighted by atomic mass is 32.1. The van der Waals surface area contributed by atoms with Crippen molar-refractivity contribution in [1.82, 2.24) is 9.88 Å². The Labute approximate surface area is 163 Å². The number of aromatic nitrogens is 1. The van der Waals surface area contributed by atoms with E-state index < -0.39 is 29.8 Å². The molecule has 4 nitrogen and oxygen atoms in total. The molecule has 1 N–H and O–H groups in total. The van der Waals surface area contributed by atoms with Crippen LogP contribution in [0.3, 0.4) is 0 Å². The van der Waals surface area contributed by atoms with E-state index in [9.17, 15) is 23.1 Å². The third kappa shape index (κ3) is 3.49. The Bertz CT molecular complexity index is 985. The third-order valence-electron chi connectivity index (χ3n) is 4.98. The molecule has 146 valence electrons. The molecule has 1 aromatic heterocycles. The monoisotopic (exact) mass is 406 g/mol. The van der Waals surface area contributed by atoms with Crippen molar-refractivity contribution in [2.24, 2.45) is 0 Å². The molecule has 1 saturated heterocycles. The number of nitrogens with zero attached hydrogens (tertiary/aromatic N) is 2. The Morgan fingerprint density at radius 3 is 2.71 bits per heavy atom. The van der Waals surface area contributed by atoms with Gasteiger partial charge in [-0.1, -0.05) is 24.3 Å². The van der Waals surface area contributed by atoms with Gasteiger partial charge in [-0.25, -0.2) is 4.98 Å². The SMILES string of the molecule is O=C(O)C1CCCN1C(c1cccc(C(F)(F)F)c1)c1nc2ccccc2s1. The van der Waals surface area contributed by atoms with Gasteiger partial charge in [0.1, 0.15) is 11.0 Å². The van der Waals surface area contributed by atoms with Crippen molar-refractivity contribution in [3.8, 4) is 0 Å². The lowest BCUT2D eigenvalue weighted by molar-refractivity contribution is -0.143. The zero-order chi connectivity index (χ0) is 19.9. The van der Waals surface area contributed by atoms with Gasteiger partial charge in [-0.2, -0.15) is 13.2 Å². The lowest BCUT2D eigenvalue weighted by Crippen LogP contribution is -2.39. The van der Waals surface area contributed by atoms with Gasteiger partial charge in [0.25, 0.3) is 0 Å². The summed E-state index contributed by atoms with van der Waals surface area (Å²) in [6.45, 7) is 0.494. The average molecular weight is 406 g/mol. The highest BCUT2D eigenvalue weighted by Crippen LogP contribution is 2.40. The summed E-state index contributed by atoms with van der Waals surface area (Å²) in [5, 5.41) is 10.2. The Balaban J connectivity index is 1.85. The fourth-order valence-electron chi connectivity index (χ4n) is 3.73. The molecular formula is C20H17F3N2O2S. The van der Waals surface area contributed by atoms with Crippen molar-refractivity contribution in [2.75, 3.05) is 6.54 Å². The zero-order valence-corrected chi connectivity index (χ0v) is 15.5. The lowest BCUT2D eigenvalue weighted by atomic mass is 10.0. The van der Waals surface area contributed by atoms with Gasteiger partial charge in [-0.05, 0) is 42.7 Å². The normalized spacial score (nSPS) is 19.2. The molecule has 8 heteroatoms. The van der Waals surface area contributed by atoms with Gasteiger partial charge in [-0.15, -0.1) is 11.3 Å². The number of alkyl halides is 3. The minimum atomic E-state index is -4.47. The molecule has 3 aromatic rings. The molecule has 2 aromatic carbocycles. The molecule has 0 bridgehead atoms. The van der Waals surface area contributed by atoms with Gasteiger partial charge in [-0.3, -0.25) is 9.69 Å². The fraction of sp³-hybridized carbons (Fsp3) is 0.300. The lowest BCUT2D eigenvalue weighted by Gasteiger charge is -2.30. The maximum Gasteiger partial charge on any atom is 0.416 e. The molecule has 1 fully saturated rings. The minimum Gasteiger partial charge on any atom is -0.480 e. The molecule has 0 saturated carbocycles. The van der Waals surface area contributed by atoms with Crippen molar-refractivity contribution >= 4 is 27.5 Å². The van der Waals surface area contributed by atoms with Gasteiger partial charge in [0.05, 0.1) is 21.8 Å². The maximum atomic E-state index is 13.3. The number of carboxylic acid groups (broad SMARTS) is 1. The van der Waals surface area contributed by atoms with Crippen LogP contribution in [0.1, 0.15) is 35.0 Å². The molecule has 2 heterocycles. The maximum absolute atomic E-state index is 13.3. The van der Waals surface area contributed by atoms with Gasteiger partial charge in [0.2, 0.25) is 0 Å². The van der Waals surface area contributed by atoms with E-state index in [0.29, 0.717) is 30.0 Å². The van der Waals surface area contributed by atoms with Crippen LogP contribution in [-0.4, -0.2) is 33.5 Å². The van der Waals surface area contributed by atoms with E-state index in [1.165, 1.54) is 17.4 Å². The molecule has 28 heavy (non-hydrogen) atoms. The number of halogens is 3. The molecule has 4 rings (SSSR count). The van der Waals surface area contributed by atoms with E-state index in [0.717, 1.165) is 22.3 Å². The first-order valence-electron chi connectivity index (χ1n) is 8.86. The van der Waals surface area contributed by atoms with Crippen LogP contribution in [0.25, 0.3) is 10.2 Å². The first-order chi connectivity index (χ1) is 13.3. The molecular weight excluding hydrogens is 389 g/mol. The number of benzene rings is 2. The number of likely N-dealkylation sites (tertiary alicyclic amines) is 1. The van der Waals surface area contributed by atoms with Crippen molar-refractivity contribution in [3.63, 3.8) is 0 Å². The largest absolute Gasteiger partial charge is 0.480 e. The fourth-order valence-corrected chi connectivity index (χ4v) is 4.85. The summed E-state index contributed by atoms with van der Waals surface area (Å²) in [6.07, 6.45) is -3.32. The smallest absolute Gasteiger partial charge is 0.416 e. The van der Waals surface area contributed by atoms with Crippen LogP contribution in [0.2, 0.25) is 0 Å². The number of rotatable bonds is 4. The summed E-state index contributed by atoms with van der Waals surface area (Å²) in [5.41, 5.74) is 0.412. The molecule has 0 aliphatic carbocycles. The second-order valence-corrected chi connectivity index (χ2v) is 7.84. The second-order valence-electron chi connectivity index (χ2n) is 6.78. The van der Waals surface area contributed by atoms with E-state index >= 15 is 0 Å². The Morgan fingerprint density at radius 1 is 1.21 bits per heavy atom. The van der Waals surface area contributed by atoms with Gasteiger partial charge in [0, 0.05) is 6.54 Å². The highest BCUT2D eigenvalue weighted by Gasteiger charge is 2.39. The number of thiazole rings is 1. The van der Waals surface area contributed by atoms with Crippen LogP contribution in [-0.2, 0) is 11.0 Å². The number of hydrogen-bond donors (Lipinski definition) is 1. The van der Waals surface area contributed by atoms with E-state index in [2.05, 4.69) is 4.98 Å². The quantitative estimate of drug-likeness (QED) is 0.666. The van der Waals surface area contributed by atoms with Gasteiger partial charge < -0.3 is 5.11 Å². The van der Waals surface area contributed by atoms with E-state index in [4.69, 9.17) is 0 Å². The summed E-state index contributed by atoms with van der Waals surface area (Å²) >= 11 is 1.39. The number of para-hydroxylation sites is 1. The molecule has 2 unspecified atom stereocenters. The minimum absolute atomic E-state index is 0.405. The Kier molecular flexibility index (Phi) is 4.84. The molecule has 0 radical (unpaired) electrons. The van der Waals surface area contributed by atoms with Crippen molar-refractivity contribution in [2.45, 2.75) is 31.1 Å². The topological polar surface area (TPSA) is 53.4 Å². The number of carbonyl (C=O) groups is 1. The predicted octanol–water partition coefficient (Wildman–Crippen LogP) is 4.95. The van der Waals surface area contributed by atoms with Crippen LogP contribution >= 0.6 is 11.3 Å². The van der Waals surface area contributed by atoms with Crippen molar-refractivity contribution < 1.29 is 23.1 Å². The van der Waals surface area contributed by atoms with E-state index in [1.54, 1.807) is 11.0 Å². The molecule has 0 spiro atoms. The molecule has 1 aliphatic rings. The first kappa shape index (κ1) is 18.9. The van der Waals surface area contributed by atoms with E-state index in [1.807, 2.05) is 24.3 Å². The Hall–Kier alpha value is -2.45. The summed E-state index contributed by atoms with van der Waals surface area (Å²) in [6, 6.07) is 11.2. The number of fused-ring (bicyclic) bond motifs is 1. The van der Waals surface area contributed by atoms with Crippen molar-refractivity contribution in [1.29, 1.82) is 0 Å². The standard InChI is InChI=1S/C20H17F3N2O2S/c21-20(22,23)13-6-3-5-12(11-13)17(25-10-4-8-15(25)19(26)27)18-24-14-7-1-2-9-16(14)28-18/h1-3,5-7,9,11,15,17H,4,8,10H2,(H,26,27). The summed E-state index contributed by atoms with van der Waals surface area (Å²) in [5.74, 6) is -0.962. The van der Waals surface area contributed by atoms with E-state index in [-0.39, 0.29) is 0 Å². The number of aliphatic carboxylic acids is 1. The van der Waals surface area contributed by atoms with Gasteiger partial charge >= 0.3 is 12.1 Å². The molecule has 0 amide bonds. The zero-order valence-electron chi connectivity index (χ0n) is 14.7. The Morgan fingerprint density at radius 2 is 2.00 bits per heavy atom. The average Bonchev–Trinajstić information content (AvgIpc) is 3.28. The summed E-state index contributed by atoms with van der Waals surface area (Å²) < 4.78 is 40.7. The van der Waals surface area contributed by atoms with Crippen LogP contribution in [0.15, 0.2) is 48.5 Å². The highest BCUT2D eigenvalue weighted by molar-refractivity contribution is 7.18. The third-order valence-corrected chi connectivity index (χ3v) is 6.07. The summed E-state index contributed by atoms with van der Waals surface area (Å²) in [4.78, 5) is 18.1. The number of carboxylic acids is 1. The molecule has 1 aliphatic heterocycles.